The van der Waals surface area contributed by atoms with Crippen molar-refractivity contribution in [3.63, 3.8) is 0 Å². The van der Waals surface area contributed by atoms with E-state index in [1.165, 1.54) is 37.8 Å². The maximum atomic E-state index is 4.87. The molecule has 1 aliphatic carbocycles. The third kappa shape index (κ3) is 2.37. The van der Waals surface area contributed by atoms with Gasteiger partial charge in [-0.2, -0.15) is 5.10 Å². The summed E-state index contributed by atoms with van der Waals surface area (Å²) < 4.78 is 1.96. The lowest BCUT2D eigenvalue weighted by Gasteiger charge is -2.22. The van der Waals surface area contributed by atoms with Crippen molar-refractivity contribution in [3.05, 3.63) is 29.4 Å². The largest absolute Gasteiger partial charge is 0.347 e. The van der Waals surface area contributed by atoms with Crippen LogP contribution in [0, 0.1) is 0 Å². The first kappa shape index (κ1) is 13.0. The molecule has 6 nitrogen and oxygen atoms in total. The summed E-state index contributed by atoms with van der Waals surface area (Å²) in [6.45, 7) is 0.825. The number of hydrogen-bond donors (Lipinski definition) is 2. The molecule has 2 aromatic rings. The Morgan fingerprint density at radius 1 is 1.24 bits per heavy atom. The highest BCUT2D eigenvalue weighted by molar-refractivity contribution is 5.19. The van der Waals surface area contributed by atoms with Crippen LogP contribution in [0.3, 0.4) is 0 Å². The zero-order valence-corrected chi connectivity index (χ0v) is 12.5. The van der Waals surface area contributed by atoms with Gasteiger partial charge in [-0.3, -0.25) is 4.68 Å². The number of fused-ring (bicyclic) bond motifs is 1. The summed E-state index contributed by atoms with van der Waals surface area (Å²) in [6, 6.07) is 0.218. The summed E-state index contributed by atoms with van der Waals surface area (Å²) in [5.41, 5.74) is 2.35. The molecule has 21 heavy (non-hydrogen) atoms. The highest BCUT2D eigenvalue weighted by atomic mass is 15.3. The van der Waals surface area contributed by atoms with Crippen LogP contribution in [0.15, 0.2) is 6.33 Å². The van der Waals surface area contributed by atoms with E-state index in [2.05, 4.69) is 15.3 Å². The Morgan fingerprint density at radius 3 is 2.95 bits per heavy atom. The van der Waals surface area contributed by atoms with Gasteiger partial charge in [-0.25, -0.2) is 9.97 Å². The molecule has 1 saturated carbocycles. The fraction of sp³-hybridized carbons (Fsp3) is 0.667. The Kier molecular flexibility index (Phi) is 3.25. The van der Waals surface area contributed by atoms with Gasteiger partial charge in [0.05, 0.1) is 23.8 Å². The van der Waals surface area contributed by atoms with Gasteiger partial charge in [-0.15, -0.1) is 0 Å². The molecule has 0 amide bonds. The van der Waals surface area contributed by atoms with Crippen LogP contribution in [0.25, 0.3) is 0 Å². The number of rotatable bonds is 2. The van der Waals surface area contributed by atoms with Crippen LogP contribution in [0.4, 0.5) is 0 Å². The quantitative estimate of drug-likeness (QED) is 0.885. The molecular weight excluding hydrogens is 264 g/mol. The molecule has 0 radical (unpaired) electrons. The van der Waals surface area contributed by atoms with Gasteiger partial charge in [0.1, 0.15) is 5.82 Å². The van der Waals surface area contributed by atoms with Crippen LogP contribution in [0.5, 0.6) is 0 Å². The number of imidazole rings is 1. The summed E-state index contributed by atoms with van der Waals surface area (Å²) in [7, 11) is 2.01. The highest BCUT2D eigenvalue weighted by Gasteiger charge is 2.27. The predicted octanol–water partition coefficient (Wildman–Crippen LogP) is 1.97. The second-order valence-electron chi connectivity index (χ2n) is 6.25. The molecule has 2 aliphatic rings. The van der Waals surface area contributed by atoms with E-state index in [4.69, 9.17) is 10.1 Å². The molecule has 0 bridgehead atoms. The fourth-order valence-corrected chi connectivity index (χ4v) is 3.61. The lowest BCUT2D eigenvalue weighted by atomic mass is 9.89. The number of aryl methyl sites for hydroxylation is 1. The predicted molar refractivity (Wildman–Crippen MR) is 78.7 cm³/mol. The summed E-state index contributed by atoms with van der Waals surface area (Å²) in [5, 5.41) is 8.23. The van der Waals surface area contributed by atoms with Crippen LogP contribution >= 0.6 is 0 Å². The van der Waals surface area contributed by atoms with Gasteiger partial charge in [-0.1, -0.05) is 19.3 Å². The molecule has 1 atom stereocenters. The molecule has 4 rings (SSSR count). The van der Waals surface area contributed by atoms with Gasteiger partial charge in [0, 0.05) is 25.9 Å². The number of nitrogens with one attached hydrogen (secondary N) is 2. The smallest absolute Gasteiger partial charge is 0.154 e. The van der Waals surface area contributed by atoms with E-state index >= 15 is 0 Å². The molecule has 1 fully saturated rings. The zero-order chi connectivity index (χ0) is 14.2. The van der Waals surface area contributed by atoms with Gasteiger partial charge >= 0.3 is 0 Å². The molecule has 112 valence electrons. The van der Waals surface area contributed by atoms with Crippen molar-refractivity contribution < 1.29 is 0 Å². The third-order valence-corrected chi connectivity index (χ3v) is 4.83. The van der Waals surface area contributed by atoms with Crippen molar-refractivity contribution in [2.75, 3.05) is 0 Å². The average molecular weight is 286 g/mol. The van der Waals surface area contributed by atoms with Gasteiger partial charge < -0.3 is 10.3 Å². The highest BCUT2D eigenvalue weighted by Crippen LogP contribution is 2.32. The Balaban J connectivity index is 1.57. The van der Waals surface area contributed by atoms with Gasteiger partial charge in [-0.05, 0) is 12.8 Å². The maximum Gasteiger partial charge on any atom is 0.154 e. The van der Waals surface area contributed by atoms with Crippen LogP contribution in [-0.4, -0.2) is 24.7 Å². The van der Waals surface area contributed by atoms with E-state index in [0.29, 0.717) is 5.92 Å². The topological polar surface area (TPSA) is 71.4 Å². The summed E-state index contributed by atoms with van der Waals surface area (Å²) in [4.78, 5) is 12.5. The molecule has 0 saturated heterocycles. The van der Waals surface area contributed by atoms with Gasteiger partial charge in [0.25, 0.3) is 0 Å². The SMILES string of the molecule is Cn1nc(C2CCCCC2)nc1C1Cc2nc[nH]c2CN1. The molecular formula is C15H22N6. The number of hydrogen-bond acceptors (Lipinski definition) is 4. The van der Waals surface area contributed by atoms with Crippen LogP contribution in [-0.2, 0) is 20.0 Å². The normalized spacial score (nSPS) is 23.2. The minimum atomic E-state index is 0.218. The number of aromatic nitrogens is 5. The number of H-pyrrole nitrogens is 1. The fourth-order valence-electron chi connectivity index (χ4n) is 3.61. The Hall–Kier alpha value is -1.69. The standard InChI is InChI=1S/C15H22N6/c1-21-15(12-7-11-13(8-16-12)18-9-17-11)19-14(20-21)10-5-3-2-4-6-10/h9-10,12,16H,2-8H2,1H3,(H,17,18). The van der Waals surface area contributed by atoms with Crippen molar-refractivity contribution in [3.8, 4) is 0 Å². The van der Waals surface area contributed by atoms with Crippen molar-refractivity contribution in [2.24, 2.45) is 7.05 Å². The van der Waals surface area contributed by atoms with E-state index in [1.54, 1.807) is 6.33 Å². The van der Waals surface area contributed by atoms with Gasteiger partial charge in [0.2, 0.25) is 0 Å². The first-order valence-electron chi connectivity index (χ1n) is 7.96. The Bertz CT molecular complexity index is 622. The van der Waals surface area contributed by atoms with E-state index in [9.17, 15) is 0 Å². The summed E-state index contributed by atoms with van der Waals surface area (Å²) in [5.74, 6) is 2.65. The van der Waals surface area contributed by atoms with Gasteiger partial charge in [0.15, 0.2) is 5.82 Å². The molecule has 0 spiro atoms. The van der Waals surface area contributed by atoms with Crippen molar-refractivity contribution >= 4 is 0 Å². The lowest BCUT2D eigenvalue weighted by molar-refractivity contribution is 0.427. The average Bonchev–Trinajstić information content (AvgIpc) is 3.13. The molecule has 2 N–H and O–H groups in total. The summed E-state index contributed by atoms with van der Waals surface area (Å²) >= 11 is 0. The monoisotopic (exact) mass is 286 g/mol. The first-order chi connectivity index (χ1) is 10.3. The van der Waals surface area contributed by atoms with Crippen molar-refractivity contribution in [2.45, 2.75) is 57.0 Å². The maximum absolute atomic E-state index is 4.87. The van der Waals surface area contributed by atoms with E-state index in [0.717, 1.165) is 30.3 Å². The second-order valence-corrected chi connectivity index (χ2v) is 6.25. The molecule has 1 unspecified atom stereocenters. The third-order valence-electron chi connectivity index (χ3n) is 4.83. The molecule has 0 aromatic carbocycles. The second kappa shape index (κ2) is 5.26. The van der Waals surface area contributed by atoms with Crippen molar-refractivity contribution in [1.29, 1.82) is 0 Å². The molecule has 6 heteroatoms. The lowest BCUT2D eigenvalue weighted by Crippen LogP contribution is -2.30. The Labute approximate surface area is 124 Å². The molecule has 3 heterocycles. The minimum Gasteiger partial charge on any atom is -0.347 e. The summed E-state index contributed by atoms with van der Waals surface area (Å²) in [6.07, 6.45) is 9.14. The Morgan fingerprint density at radius 2 is 2.10 bits per heavy atom. The minimum absolute atomic E-state index is 0.218. The van der Waals surface area contributed by atoms with Crippen LogP contribution in [0.1, 0.15) is 67.1 Å². The van der Waals surface area contributed by atoms with Crippen LogP contribution in [0.2, 0.25) is 0 Å². The van der Waals surface area contributed by atoms with E-state index in [-0.39, 0.29) is 6.04 Å². The van der Waals surface area contributed by atoms with E-state index < -0.39 is 0 Å². The zero-order valence-electron chi connectivity index (χ0n) is 12.5. The van der Waals surface area contributed by atoms with E-state index in [1.807, 2.05) is 11.7 Å². The van der Waals surface area contributed by atoms with Crippen molar-refractivity contribution in [1.82, 2.24) is 30.0 Å². The molecule has 1 aliphatic heterocycles. The van der Waals surface area contributed by atoms with Crippen LogP contribution < -0.4 is 5.32 Å². The molecule has 2 aromatic heterocycles. The number of nitrogens with zero attached hydrogens (tertiary/aromatic N) is 4. The number of aromatic amines is 1. The first-order valence-corrected chi connectivity index (χ1v) is 7.96.